The van der Waals surface area contributed by atoms with Gasteiger partial charge in [0.05, 0.1) is 11.9 Å². The van der Waals surface area contributed by atoms with Gasteiger partial charge in [-0.2, -0.15) is 0 Å². The summed E-state index contributed by atoms with van der Waals surface area (Å²) in [6, 6.07) is 13.7. The first-order valence-electron chi connectivity index (χ1n) is 11.8. The summed E-state index contributed by atoms with van der Waals surface area (Å²) >= 11 is 5.94. The van der Waals surface area contributed by atoms with Crippen LogP contribution in [-0.2, 0) is 14.8 Å². The Morgan fingerprint density at radius 2 is 1.48 bits per heavy atom. The van der Waals surface area contributed by atoms with Crippen molar-refractivity contribution in [3.63, 3.8) is 0 Å². The molecule has 0 aliphatic heterocycles. The third-order valence-electron chi connectivity index (χ3n) is 7.96. The maximum absolute atomic E-state index is 13.0. The van der Waals surface area contributed by atoms with Crippen molar-refractivity contribution < 1.29 is 13.2 Å². The first-order chi connectivity index (χ1) is 15.7. The Bertz CT molecular complexity index is 1100. The lowest BCUT2D eigenvalue weighted by atomic mass is 9.51. The number of carbonyl (C=O) groups is 1. The van der Waals surface area contributed by atoms with Crippen LogP contribution in [-0.4, -0.2) is 26.6 Å². The van der Waals surface area contributed by atoms with Gasteiger partial charge < -0.3 is 5.32 Å². The Hall–Kier alpha value is -2.05. The van der Waals surface area contributed by atoms with Gasteiger partial charge in [0.25, 0.3) is 0 Å². The molecule has 4 bridgehead atoms. The van der Waals surface area contributed by atoms with Crippen LogP contribution in [0, 0.1) is 23.7 Å². The minimum atomic E-state index is -3.67. The second-order valence-electron chi connectivity index (χ2n) is 10.3. The summed E-state index contributed by atoms with van der Waals surface area (Å²) in [5, 5.41) is 3.40. The van der Waals surface area contributed by atoms with Gasteiger partial charge in [0.15, 0.2) is 0 Å². The van der Waals surface area contributed by atoms with Crippen molar-refractivity contribution in [1.29, 1.82) is 0 Å². The third kappa shape index (κ3) is 4.52. The van der Waals surface area contributed by atoms with Crippen molar-refractivity contribution in [3.8, 4) is 0 Å². The lowest BCUT2D eigenvalue weighted by Crippen LogP contribution is -2.45. The monoisotopic (exact) mass is 486 g/mol. The SMILES string of the molecule is C[C@H](C(=O)Nc1ccc(C2C3CC4CC(C3)CC2C4)cc1)N(c1ccc(Cl)cc1)S(C)(=O)=O. The van der Waals surface area contributed by atoms with Crippen LogP contribution in [0.1, 0.15) is 50.5 Å². The van der Waals surface area contributed by atoms with Crippen LogP contribution in [0.5, 0.6) is 0 Å². The molecule has 6 rings (SSSR count). The fraction of sp³-hybridized carbons (Fsp3) is 0.500. The van der Waals surface area contributed by atoms with Crippen molar-refractivity contribution in [3.05, 3.63) is 59.1 Å². The van der Waals surface area contributed by atoms with Gasteiger partial charge in [0.2, 0.25) is 15.9 Å². The van der Waals surface area contributed by atoms with E-state index >= 15 is 0 Å². The Balaban J connectivity index is 1.30. The van der Waals surface area contributed by atoms with Crippen LogP contribution in [0.2, 0.25) is 5.02 Å². The van der Waals surface area contributed by atoms with Crippen LogP contribution < -0.4 is 9.62 Å². The molecule has 5 nitrogen and oxygen atoms in total. The topological polar surface area (TPSA) is 66.5 Å². The summed E-state index contributed by atoms with van der Waals surface area (Å²) in [7, 11) is -3.67. The number of anilines is 2. The van der Waals surface area contributed by atoms with Gasteiger partial charge in [-0.05, 0) is 111 Å². The summed E-state index contributed by atoms with van der Waals surface area (Å²) in [6.07, 6.45) is 8.05. The normalized spacial score (nSPS) is 29.0. The lowest BCUT2D eigenvalue weighted by molar-refractivity contribution is -0.116. The second kappa shape index (κ2) is 8.62. The first kappa shape index (κ1) is 22.7. The minimum Gasteiger partial charge on any atom is -0.324 e. The third-order valence-corrected chi connectivity index (χ3v) is 9.45. The molecule has 0 unspecified atom stereocenters. The largest absolute Gasteiger partial charge is 0.324 e. The molecular weight excluding hydrogens is 456 g/mol. The molecule has 4 aliphatic carbocycles. The highest BCUT2D eigenvalue weighted by molar-refractivity contribution is 7.92. The van der Waals surface area contributed by atoms with E-state index in [2.05, 4.69) is 17.4 Å². The fourth-order valence-electron chi connectivity index (χ4n) is 6.90. The smallest absolute Gasteiger partial charge is 0.247 e. The zero-order valence-electron chi connectivity index (χ0n) is 19.1. The van der Waals surface area contributed by atoms with E-state index in [1.165, 1.54) is 37.7 Å². The van der Waals surface area contributed by atoms with E-state index in [0.29, 0.717) is 22.3 Å². The predicted molar refractivity (Wildman–Crippen MR) is 133 cm³/mol. The van der Waals surface area contributed by atoms with E-state index in [1.807, 2.05) is 12.1 Å². The number of amides is 1. The van der Waals surface area contributed by atoms with E-state index in [0.717, 1.165) is 34.2 Å². The van der Waals surface area contributed by atoms with Crippen molar-refractivity contribution in [2.24, 2.45) is 23.7 Å². The van der Waals surface area contributed by atoms with Crippen LogP contribution in [0.25, 0.3) is 0 Å². The Kier molecular flexibility index (Phi) is 5.94. The van der Waals surface area contributed by atoms with Gasteiger partial charge in [-0.25, -0.2) is 8.42 Å². The maximum atomic E-state index is 13.0. The van der Waals surface area contributed by atoms with Gasteiger partial charge in [-0.1, -0.05) is 23.7 Å². The molecule has 4 aliphatic rings. The average molecular weight is 487 g/mol. The number of rotatable bonds is 6. The van der Waals surface area contributed by atoms with E-state index < -0.39 is 16.1 Å². The molecule has 7 heteroatoms. The fourth-order valence-corrected chi connectivity index (χ4v) is 8.20. The number of hydrogen-bond acceptors (Lipinski definition) is 3. The summed E-state index contributed by atoms with van der Waals surface area (Å²) in [6.45, 7) is 1.59. The first-order valence-corrected chi connectivity index (χ1v) is 14.1. The summed E-state index contributed by atoms with van der Waals surface area (Å²) in [5.74, 6) is 3.78. The maximum Gasteiger partial charge on any atom is 0.247 e. The number of halogens is 1. The highest BCUT2D eigenvalue weighted by Gasteiger charge is 2.48. The highest BCUT2D eigenvalue weighted by Crippen LogP contribution is 2.59. The molecule has 0 spiro atoms. The lowest BCUT2D eigenvalue weighted by Gasteiger charge is -2.54. The van der Waals surface area contributed by atoms with Gasteiger partial charge in [-0.3, -0.25) is 9.10 Å². The summed E-state index contributed by atoms with van der Waals surface area (Å²) in [4.78, 5) is 13.0. The summed E-state index contributed by atoms with van der Waals surface area (Å²) < 4.78 is 26.1. The molecule has 2 aromatic rings. The molecule has 2 aromatic carbocycles. The molecule has 33 heavy (non-hydrogen) atoms. The molecule has 0 radical (unpaired) electrons. The Labute approximate surface area is 201 Å². The number of hydrogen-bond donors (Lipinski definition) is 1. The minimum absolute atomic E-state index is 0.377. The van der Waals surface area contributed by atoms with E-state index in [1.54, 1.807) is 31.2 Å². The zero-order chi connectivity index (χ0) is 23.3. The van der Waals surface area contributed by atoms with Gasteiger partial charge >= 0.3 is 0 Å². The Morgan fingerprint density at radius 1 is 0.939 bits per heavy atom. The van der Waals surface area contributed by atoms with Crippen molar-refractivity contribution in [2.45, 2.75) is 51.0 Å². The van der Waals surface area contributed by atoms with Gasteiger partial charge in [0, 0.05) is 10.7 Å². The second-order valence-corrected chi connectivity index (χ2v) is 12.6. The number of benzene rings is 2. The van der Waals surface area contributed by atoms with E-state index in [-0.39, 0.29) is 5.91 Å². The van der Waals surface area contributed by atoms with E-state index in [4.69, 9.17) is 11.6 Å². The predicted octanol–water partition coefficient (Wildman–Crippen LogP) is 5.67. The molecular formula is C26H31ClN2O3S. The van der Waals surface area contributed by atoms with Crippen LogP contribution >= 0.6 is 11.6 Å². The number of carbonyl (C=O) groups excluding carboxylic acids is 1. The zero-order valence-corrected chi connectivity index (χ0v) is 20.6. The number of nitrogens with zero attached hydrogens (tertiary/aromatic N) is 1. The van der Waals surface area contributed by atoms with Crippen molar-refractivity contribution in [2.75, 3.05) is 15.9 Å². The molecule has 0 saturated heterocycles. The molecule has 4 fully saturated rings. The standard InChI is InChI=1S/C26H31ClN2O3S/c1-16(29(33(2,31)32)24-9-5-22(27)6-10-24)26(30)28-23-7-3-19(4-8-23)25-20-12-17-11-18(14-20)15-21(25)13-17/h3-10,16-18,20-21,25H,11-15H2,1-2H3,(H,28,30)/t16-,17?,18?,20?,21?,25?/m1/s1. The number of nitrogens with one attached hydrogen (secondary N) is 1. The molecule has 1 amide bonds. The molecule has 0 aromatic heterocycles. The van der Waals surface area contributed by atoms with Crippen molar-refractivity contribution >= 4 is 38.9 Å². The molecule has 1 atom stereocenters. The molecule has 1 N–H and O–H groups in total. The Morgan fingerprint density at radius 3 is 2.00 bits per heavy atom. The van der Waals surface area contributed by atoms with Crippen LogP contribution in [0.4, 0.5) is 11.4 Å². The van der Waals surface area contributed by atoms with Crippen LogP contribution in [0.3, 0.4) is 0 Å². The van der Waals surface area contributed by atoms with E-state index in [9.17, 15) is 13.2 Å². The quantitative estimate of drug-likeness (QED) is 0.571. The van der Waals surface area contributed by atoms with Gasteiger partial charge in [0.1, 0.15) is 6.04 Å². The van der Waals surface area contributed by atoms with Gasteiger partial charge in [-0.15, -0.1) is 0 Å². The molecule has 0 heterocycles. The average Bonchev–Trinajstić information content (AvgIpc) is 2.74. The number of sulfonamides is 1. The highest BCUT2D eigenvalue weighted by atomic mass is 35.5. The summed E-state index contributed by atoms with van der Waals surface area (Å²) in [5.41, 5.74) is 2.47. The molecule has 176 valence electrons. The molecule has 4 saturated carbocycles. The van der Waals surface area contributed by atoms with Crippen LogP contribution in [0.15, 0.2) is 48.5 Å². The van der Waals surface area contributed by atoms with Crippen molar-refractivity contribution in [1.82, 2.24) is 0 Å².